The van der Waals surface area contributed by atoms with Gasteiger partial charge in [0.15, 0.2) is 0 Å². The van der Waals surface area contributed by atoms with Gasteiger partial charge in [0.1, 0.15) is 18.2 Å². The summed E-state index contributed by atoms with van der Waals surface area (Å²) in [5, 5.41) is 2.62. The quantitative estimate of drug-likeness (QED) is 0.872. The van der Waals surface area contributed by atoms with Crippen LogP contribution in [0.3, 0.4) is 0 Å². The molecule has 2 aromatic carbocycles. The van der Waals surface area contributed by atoms with Crippen molar-refractivity contribution < 1.29 is 18.4 Å². The second-order valence-corrected chi connectivity index (χ2v) is 5.98. The van der Waals surface area contributed by atoms with E-state index in [-0.39, 0.29) is 30.8 Å². The van der Waals surface area contributed by atoms with Gasteiger partial charge >= 0.3 is 0 Å². The average Bonchev–Trinajstić information content (AvgIpc) is 2.54. The Labute approximate surface area is 145 Å². The third-order valence-electron chi connectivity index (χ3n) is 3.63. The second-order valence-electron chi connectivity index (χ2n) is 5.98. The highest BCUT2D eigenvalue weighted by Crippen LogP contribution is 2.11. The molecule has 2 rings (SSSR count). The van der Waals surface area contributed by atoms with E-state index in [1.165, 1.54) is 41.3 Å². The topological polar surface area (TPSA) is 49.4 Å². The molecule has 0 aliphatic heterocycles. The van der Waals surface area contributed by atoms with Gasteiger partial charge in [-0.3, -0.25) is 9.59 Å². The number of carbonyl (C=O) groups excluding carboxylic acids is 2. The molecule has 0 saturated carbocycles. The number of amides is 2. The van der Waals surface area contributed by atoms with Crippen molar-refractivity contribution in [2.45, 2.75) is 26.3 Å². The van der Waals surface area contributed by atoms with E-state index in [9.17, 15) is 18.4 Å². The van der Waals surface area contributed by atoms with Crippen LogP contribution in [0, 0.1) is 11.6 Å². The lowest BCUT2D eigenvalue weighted by molar-refractivity contribution is -0.135. The number of anilines is 1. The molecule has 0 radical (unpaired) electrons. The fourth-order valence-corrected chi connectivity index (χ4v) is 2.37. The maximum atomic E-state index is 13.2. The van der Waals surface area contributed by atoms with Crippen molar-refractivity contribution in [2.75, 3.05) is 11.9 Å². The number of nitrogens with zero attached hydrogens (tertiary/aromatic N) is 1. The summed E-state index contributed by atoms with van der Waals surface area (Å²) in [6.45, 7) is 3.46. The maximum Gasteiger partial charge on any atom is 0.244 e. The van der Waals surface area contributed by atoms with E-state index in [0.717, 1.165) is 0 Å². The Balaban J connectivity index is 2.00. The Morgan fingerprint density at radius 3 is 2.32 bits per heavy atom. The van der Waals surface area contributed by atoms with Crippen LogP contribution in [0.5, 0.6) is 0 Å². The normalized spacial score (nSPS) is 10.6. The predicted molar refractivity (Wildman–Crippen MR) is 92.0 cm³/mol. The standard InChI is InChI=1S/C19H20F2N2O2/c1-13(2)23(19(25)11-14-4-3-5-16(21)10-14)12-18(24)22-17-8-6-15(20)7-9-17/h3-10,13H,11-12H2,1-2H3,(H,22,24). The number of nitrogens with one attached hydrogen (secondary N) is 1. The Morgan fingerprint density at radius 1 is 1.04 bits per heavy atom. The van der Waals surface area contributed by atoms with Crippen LogP contribution in [0.25, 0.3) is 0 Å². The van der Waals surface area contributed by atoms with E-state index in [4.69, 9.17) is 0 Å². The smallest absolute Gasteiger partial charge is 0.244 e. The van der Waals surface area contributed by atoms with Crippen LogP contribution in [0.1, 0.15) is 19.4 Å². The van der Waals surface area contributed by atoms with Crippen LogP contribution in [0.4, 0.5) is 14.5 Å². The fourth-order valence-electron chi connectivity index (χ4n) is 2.37. The van der Waals surface area contributed by atoms with Crippen molar-refractivity contribution in [3.63, 3.8) is 0 Å². The first kappa shape index (κ1) is 18.6. The first-order chi connectivity index (χ1) is 11.8. The average molecular weight is 346 g/mol. The van der Waals surface area contributed by atoms with Crippen molar-refractivity contribution in [3.05, 3.63) is 65.7 Å². The van der Waals surface area contributed by atoms with Gasteiger partial charge in [-0.05, 0) is 55.8 Å². The lowest BCUT2D eigenvalue weighted by Crippen LogP contribution is -2.43. The van der Waals surface area contributed by atoms with E-state index >= 15 is 0 Å². The van der Waals surface area contributed by atoms with E-state index in [1.54, 1.807) is 26.0 Å². The molecule has 2 aromatic rings. The molecule has 0 spiro atoms. The first-order valence-electron chi connectivity index (χ1n) is 7.94. The molecule has 0 fully saturated rings. The minimum absolute atomic E-state index is 0.0137. The Hall–Kier alpha value is -2.76. The number of halogens is 2. The summed E-state index contributed by atoms with van der Waals surface area (Å²) in [4.78, 5) is 26.1. The first-order valence-corrected chi connectivity index (χ1v) is 7.94. The summed E-state index contributed by atoms with van der Waals surface area (Å²) in [6, 6.07) is 11.0. The molecule has 4 nitrogen and oxygen atoms in total. The number of hydrogen-bond donors (Lipinski definition) is 1. The molecule has 0 aliphatic carbocycles. The lowest BCUT2D eigenvalue weighted by Gasteiger charge is -2.26. The molecular formula is C19H20F2N2O2. The van der Waals surface area contributed by atoms with E-state index in [0.29, 0.717) is 11.3 Å². The molecule has 1 N–H and O–H groups in total. The van der Waals surface area contributed by atoms with Crippen LogP contribution in [0.15, 0.2) is 48.5 Å². The Kier molecular flexibility index (Phi) is 6.22. The molecule has 0 unspecified atom stereocenters. The Morgan fingerprint density at radius 2 is 1.72 bits per heavy atom. The SMILES string of the molecule is CC(C)N(CC(=O)Nc1ccc(F)cc1)C(=O)Cc1cccc(F)c1. The summed E-state index contributed by atoms with van der Waals surface area (Å²) in [6.07, 6.45) is 0.0137. The molecule has 0 heterocycles. The van der Waals surface area contributed by atoms with Gasteiger partial charge in [0, 0.05) is 11.7 Å². The van der Waals surface area contributed by atoms with Gasteiger partial charge in [0.2, 0.25) is 11.8 Å². The lowest BCUT2D eigenvalue weighted by atomic mass is 10.1. The zero-order chi connectivity index (χ0) is 18.4. The molecule has 132 valence electrons. The highest BCUT2D eigenvalue weighted by atomic mass is 19.1. The Bertz CT molecular complexity index is 745. The number of carbonyl (C=O) groups is 2. The summed E-state index contributed by atoms with van der Waals surface area (Å²) >= 11 is 0. The van der Waals surface area contributed by atoms with E-state index < -0.39 is 11.6 Å². The zero-order valence-electron chi connectivity index (χ0n) is 14.1. The third kappa shape index (κ3) is 5.67. The van der Waals surface area contributed by atoms with Crippen molar-refractivity contribution in [1.82, 2.24) is 4.90 Å². The number of hydrogen-bond acceptors (Lipinski definition) is 2. The summed E-state index contributed by atoms with van der Waals surface area (Å²) < 4.78 is 26.1. The zero-order valence-corrected chi connectivity index (χ0v) is 14.1. The van der Waals surface area contributed by atoms with Gasteiger partial charge in [-0.25, -0.2) is 8.78 Å². The highest BCUT2D eigenvalue weighted by Gasteiger charge is 2.20. The second kappa shape index (κ2) is 8.37. The monoisotopic (exact) mass is 346 g/mol. The van der Waals surface area contributed by atoms with Gasteiger partial charge in [0.25, 0.3) is 0 Å². The van der Waals surface area contributed by atoms with Crippen molar-refractivity contribution in [3.8, 4) is 0 Å². The van der Waals surface area contributed by atoms with Crippen molar-refractivity contribution >= 4 is 17.5 Å². The van der Waals surface area contributed by atoms with Gasteiger partial charge < -0.3 is 10.2 Å². The van der Waals surface area contributed by atoms with Gasteiger partial charge in [0.05, 0.1) is 6.42 Å². The highest BCUT2D eigenvalue weighted by molar-refractivity contribution is 5.94. The third-order valence-corrected chi connectivity index (χ3v) is 3.63. The van der Waals surface area contributed by atoms with Crippen LogP contribution in [-0.2, 0) is 16.0 Å². The predicted octanol–water partition coefficient (Wildman–Crippen LogP) is 3.38. The summed E-state index contributed by atoms with van der Waals surface area (Å²) in [5.41, 5.74) is 1.00. The van der Waals surface area contributed by atoms with Gasteiger partial charge in [-0.2, -0.15) is 0 Å². The van der Waals surface area contributed by atoms with Crippen molar-refractivity contribution in [1.29, 1.82) is 0 Å². The molecule has 2 amide bonds. The van der Waals surface area contributed by atoms with Crippen molar-refractivity contribution in [2.24, 2.45) is 0 Å². The molecular weight excluding hydrogens is 326 g/mol. The minimum atomic E-state index is -0.407. The fraction of sp³-hybridized carbons (Fsp3) is 0.263. The molecule has 25 heavy (non-hydrogen) atoms. The molecule has 0 bridgehead atoms. The molecule has 6 heteroatoms. The summed E-state index contributed by atoms with van der Waals surface area (Å²) in [5.74, 6) is -1.45. The maximum absolute atomic E-state index is 13.2. The molecule has 0 atom stereocenters. The number of benzene rings is 2. The molecule has 0 aromatic heterocycles. The number of rotatable bonds is 6. The largest absolute Gasteiger partial charge is 0.331 e. The minimum Gasteiger partial charge on any atom is -0.331 e. The van der Waals surface area contributed by atoms with Gasteiger partial charge in [-0.15, -0.1) is 0 Å². The van der Waals surface area contributed by atoms with Crippen LogP contribution >= 0.6 is 0 Å². The van der Waals surface area contributed by atoms with Crippen LogP contribution < -0.4 is 5.32 Å². The van der Waals surface area contributed by atoms with E-state index in [1.807, 2.05) is 0 Å². The van der Waals surface area contributed by atoms with Crippen LogP contribution in [-0.4, -0.2) is 29.3 Å². The molecule has 0 saturated heterocycles. The van der Waals surface area contributed by atoms with Gasteiger partial charge in [-0.1, -0.05) is 12.1 Å². The molecule has 0 aliphatic rings. The van der Waals surface area contributed by atoms with E-state index in [2.05, 4.69) is 5.32 Å². The summed E-state index contributed by atoms with van der Waals surface area (Å²) in [7, 11) is 0. The van der Waals surface area contributed by atoms with Crippen LogP contribution in [0.2, 0.25) is 0 Å².